The number of nitrogens with one attached hydrogen (secondary N) is 1. The largest absolute Gasteiger partial charge is 0.478 e. The van der Waals surface area contributed by atoms with E-state index < -0.39 is 18.0 Å². The van der Waals surface area contributed by atoms with E-state index in [1.165, 1.54) is 6.07 Å². The van der Waals surface area contributed by atoms with E-state index in [0.717, 1.165) is 31.6 Å². The van der Waals surface area contributed by atoms with Crippen molar-refractivity contribution >= 4 is 34.0 Å². The van der Waals surface area contributed by atoms with Crippen LogP contribution in [0, 0.1) is 5.92 Å². The molecule has 0 saturated carbocycles. The number of piperidine rings is 1. The predicted octanol–water partition coefficient (Wildman–Crippen LogP) is 5.58. The minimum atomic E-state index is -4.66. The first-order valence-corrected chi connectivity index (χ1v) is 13.6. The van der Waals surface area contributed by atoms with Crippen LogP contribution in [0.4, 0.5) is 29.7 Å². The maximum absolute atomic E-state index is 13.2. The van der Waals surface area contributed by atoms with Gasteiger partial charge in [-0.3, -0.25) is 0 Å². The molecule has 0 aliphatic carbocycles. The van der Waals surface area contributed by atoms with Crippen LogP contribution in [-0.4, -0.2) is 69.3 Å². The Kier molecular flexibility index (Phi) is 9.08. The SMILES string of the molecule is CC(C)CN(c1ccc(-c2ccccc2C(=O)O)cc1Nc1nc(C(F)(F)F)ns1)C1CCN(CCO)CC1. The first-order chi connectivity index (χ1) is 18.6. The molecule has 210 valence electrons. The summed E-state index contributed by atoms with van der Waals surface area (Å²) in [6, 6.07) is 12.3. The molecule has 0 atom stereocenters. The van der Waals surface area contributed by atoms with Crippen molar-refractivity contribution in [3.05, 3.63) is 53.9 Å². The number of alkyl halides is 3. The average molecular weight is 564 g/mol. The summed E-state index contributed by atoms with van der Waals surface area (Å²) in [5, 5.41) is 22.1. The molecule has 4 rings (SSSR count). The highest BCUT2D eigenvalue weighted by Gasteiger charge is 2.36. The van der Waals surface area contributed by atoms with Crippen LogP contribution in [0.15, 0.2) is 42.5 Å². The highest BCUT2D eigenvalue weighted by molar-refractivity contribution is 7.09. The number of anilines is 3. The maximum atomic E-state index is 13.2. The number of β-amino-alcohol motifs (C(OH)–C–C–N with tert-alkyl or cyclic N) is 1. The zero-order valence-electron chi connectivity index (χ0n) is 21.8. The molecular weight excluding hydrogens is 531 g/mol. The van der Waals surface area contributed by atoms with Crippen LogP contribution in [-0.2, 0) is 6.18 Å². The van der Waals surface area contributed by atoms with Crippen LogP contribution < -0.4 is 10.2 Å². The number of aromatic nitrogens is 2. The third-order valence-electron chi connectivity index (χ3n) is 6.67. The second-order valence-electron chi connectivity index (χ2n) is 9.97. The fraction of sp³-hybridized carbons (Fsp3) is 0.444. The zero-order valence-corrected chi connectivity index (χ0v) is 22.6. The van der Waals surface area contributed by atoms with E-state index in [-0.39, 0.29) is 23.3 Å². The molecule has 2 aromatic carbocycles. The first-order valence-electron chi connectivity index (χ1n) is 12.8. The lowest BCUT2D eigenvalue weighted by Crippen LogP contribution is -2.47. The van der Waals surface area contributed by atoms with Crippen LogP contribution in [0.5, 0.6) is 0 Å². The number of aromatic carboxylic acids is 1. The number of hydrogen-bond acceptors (Lipinski definition) is 8. The fourth-order valence-corrected chi connectivity index (χ4v) is 5.51. The van der Waals surface area contributed by atoms with E-state index in [4.69, 9.17) is 0 Å². The van der Waals surface area contributed by atoms with Gasteiger partial charge in [0, 0.05) is 43.8 Å². The van der Waals surface area contributed by atoms with Crippen LogP contribution in [0.1, 0.15) is 42.9 Å². The molecule has 3 aromatic rings. The van der Waals surface area contributed by atoms with Crippen molar-refractivity contribution in [2.24, 2.45) is 5.92 Å². The Balaban J connectivity index is 1.76. The molecule has 12 heteroatoms. The molecule has 1 aromatic heterocycles. The summed E-state index contributed by atoms with van der Waals surface area (Å²) in [4.78, 5) is 20.0. The minimum Gasteiger partial charge on any atom is -0.478 e. The van der Waals surface area contributed by atoms with Gasteiger partial charge in [-0.2, -0.15) is 22.5 Å². The third kappa shape index (κ3) is 7.06. The van der Waals surface area contributed by atoms with Crippen molar-refractivity contribution < 1.29 is 28.2 Å². The second-order valence-corrected chi connectivity index (χ2v) is 10.7. The smallest absolute Gasteiger partial charge is 0.452 e. The molecule has 2 heterocycles. The lowest BCUT2D eigenvalue weighted by Gasteiger charge is -2.41. The molecule has 3 N–H and O–H groups in total. The summed E-state index contributed by atoms with van der Waals surface area (Å²) in [5.41, 5.74) is 2.56. The number of aliphatic hydroxyl groups is 1. The molecule has 1 saturated heterocycles. The summed E-state index contributed by atoms with van der Waals surface area (Å²) in [7, 11) is 0. The first kappa shape index (κ1) is 28.8. The van der Waals surface area contributed by atoms with Gasteiger partial charge in [-0.1, -0.05) is 38.1 Å². The summed E-state index contributed by atoms with van der Waals surface area (Å²) in [6.07, 6.45) is -2.92. The van der Waals surface area contributed by atoms with Crippen LogP contribution in [0.3, 0.4) is 0 Å². The Bertz CT molecular complexity index is 1280. The quantitative estimate of drug-likeness (QED) is 0.294. The Morgan fingerprint density at radius 3 is 2.54 bits per heavy atom. The molecule has 0 spiro atoms. The topological polar surface area (TPSA) is 102 Å². The molecule has 0 amide bonds. The standard InChI is InChI=1S/C27H32F3N5O3S/c1-17(2)16-35(19-9-11-34(12-10-19)13-14-36)23-8-7-18(20-5-3-4-6-21(20)24(37)38)15-22(23)31-26-32-25(33-39-26)27(28,29)30/h3-8,15,17,19,36H,9-14,16H2,1-2H3,(H,37,38)(H,31,32,33). The van der Waals surface area contributed by atoms with Crippen molar-refractivity contribution in [2.75, 3.05) is 43.0 Å². The Morgan fingerprint density at radius 1 is 1.21 bits per heavy atom. The lowest BCUT2D eigenvalue weighted by molar-refractivity contribution is -0.144. The van der Waals surface area contributed by atoms with Crippen molar-refractivity contribution in [3.8, 4) is 11.1 Å². The number of carbonyl (C=O) groups is 1. The van der Waals surface area contributed by atoms with Gasteiger partial charge in [0.2, 0.25) is 11.0 Å². The van der Waals surface area contributed by atoms with E-state index >= 15 is 0 Å². The molecule has 1 aliphatic rings. The van der Waals surface area contributed by atoms with Gasteiger partial charge in [-0.05, 0) is 48.1 Å². The van der Waals surface area contributed by atoms with Crippen molar-refractivity contribution in [1.29, 1.82) is 0 Å². The van der Waals surface area contributed by atoms with Gasteiger partial charge in [-0.15, -0.1) is 0 Å². The number of carboxylic acids is 1. The molecule has 1 aliphatic heterocycles. The van der Waals surface area contributed by atoms with Gasteiger partial charge in [0.15, 0.2) is 0 Å². The number of rotatable bonds is 10. The molecule has 0 unspecified atom stereocenters. The molecule has 0 bridgehead atoms. The van der Waals surface area contributed by atoms with Gasteiger partial charge < -0.3 is 25.3 Å². The normalized spacial score (nSPS) is 15.1. The summed E-state index contributed by atoms with van der Waals surface area (Å²) < 4.78 is 43.1. The molecule has 39 heavy (non-hydrogen) atoms. The van der Waals surface area contributed by atoms with Crippen molar-refractivity contribution in [1.82, 2.24) is 14.3 Å². The fourth-order valence-electron chi connectivity index (χ4n) is 4.91. The van der Waals surface area contributed by atoms with E-state index in [9.17, 15) is 28.2 Å². The highest BCUT2D eigenvalue weighted by Crippen LogP contribution is 2.38. The number of hydrogen-bond donors (Lipinski definition) is 3. The summed E-state index contributed by atoms with van der Waals surface area (Å²) >= 11 is 0.621. The summed E-state index contributed by atoms with van der Waals surface area (Å²) in [5.74, 6) is -1.97. The Morgan fingerprint density at radius 2 is 1.92 bits per heavy atom. The third-order valence-corrected chi connectivity index (χ3v) is 7.30. The van der Waals surface area contributed by atoms with Crippen LogP contribution in [0.2, 0.25) is 0 Å². The minimum absolute atomic E-state index is 0.00509. The molecule has 8 nitrogen and oxygen atoms in total. The number of halogens is 3. The van der Waals surface area contributed by atoms with E-state index in [1.54, 1.807) is 24.3 Å². The maximum Gasteiger partial charge on any atom is 0.452 e. The Labute approximate surface area is 229 Å². The van der Waals surface area contributed by atoms with E-state index in [0.29, 0.717) is 47.4 Å². The molecule has 0 radical (unpaired) electrons. The van der Waals surface area contributed by atoms with Crippen molar-refractivity contribution in [2.45, 2.75) is 38.9 Å². The van der Waals surface area contributed by atoms with E-state index in [1.807, 2.05) is 12.1 Å². The second kappa shape index (κ2) is 12.3. The lowest BCUT2D eigenvalue weighted by atomic mass is 9.96. The number of carboxylic acid groups (broad SMARTS) is 1. The highest BCUT2D eigenvalue weighted by atomic mass is 32.1. The molecule has 1 fully saturated rings. The average Bonchev–Trinajstić information content (AvgIpc) is 3.37. The number of nitrogens with zero attached hydrogens (tertiary/aromatic N) is 4. The van der Waals surface area contributed by atoms with Crippen LogP contribution in [0.25, 0.3) is 11.1 Å². The number of aliphatic hydroxyl groups excluding tert-OH is 1. The molecular formula is C27H32F3N5O3S. The van der Waals surface area contributed by atoms with Crippen molar-refractivity contribution in [3.63, 3.8) is 0 Å². The predicted molar refractivity (Wildman–Crippen MR) is 146 cm³/mol. The van der Waals surface area contributed by atoms with E-state index in [2.05, 4.69) is 38.3 Å². The summed E-state index contributed by atoms with van der Waals surface area (Å²) in [6.45, 7) is 7.33. The van der Waals surface area contributed by atoms with Gasteiger partial charge >= 0.3 is 12.1 Å². The number of likely N-dealkylation sites (tertiary alicyclic amines) is 1. The van der Waals surface area contributed by atoms with Crippen LogP contribution >= 0.6 is 11.5 Å². The van der Waals surface area contributed by atoms with Gasteiger partial charge in [0.25, 0.3) is 0 Å². The monoisotopic (exact) mass is 563 g/mol. The zero-order chi connectivity index (χ0) is 28.2. The number of benzene rings is 2. The van der Waals surface area contributed by atoms with Gasteiger partial charge in [-0.25, -0.2) is 4.79 Å². The van der Waals surface area contributed by atoms with Gasteiger partial charge in [0.05, 0.1) is 23.5 Å². The Hall–Kier alpha value is -3.22. The van der Waals surface area contributed by atoms with Gasteiger partial charge in [0.1, 0.15) is 0 Å².